The SMILES string of the molecule is Cc1ccc(C)c(Sc2ccc(NC(=O)c3oc4ccccc4c3COc3ccccc3)cc2)c1. The Labute approximate surface area is 208 Å². The van der Waals surface area contributed by atoms with Crippen molar-refractivity contribution in [2.24, 2.45) is 0 Å². The smallest absolute Gasteiger partial charge is 0.291 e. The van der Waals surface area contributed by atoms with Gasteiger partial charge in [0.15, 0.2) is 5.76 Å². The van der Waals surface area contributed by atoms with Crippen LogP contribution < -0.4 is 10.1 Å². The largest absolute Gasteiger partial charge is 0.489 e. The number of fused-ring (bicyclic) bond motifs is 1. The third-order valence-corrected chi connectivity index (χ3v) is 6.88. The summed E-state index contributed by atoms with van der Waals surface area (Å²) in [6.45, 7) is 4.44. The number of carbonyl (C=O) groups is 1. The van der Waals surface area contributed by atoms with E-state index >= 15 is 0 Å². The minimum Gasteiger partial charge on any atom is -0.489 e. The molecule has 0 fully saturated rings. The van der Waals surface area contributed by atoms with Crippen molar-refractivity contribution in [3.63, 3.8) is 0 Å². The molecule has 5 rings (SSSR count). The lowest BCUT2D eigenvalue weighted by Gasteiger charge is -2.09. The van der Waals surface area contributed by atoms with Crippen LogP contribution in [-0.4, -0.2) is 5.91 Å². The molecule has 1 N–H and O–H groups in total. The molecule has 0 bridgehead atoms. The molecule has 0 radical (unpaired) electrons. The minimum absolute atomic E-state index is 0.231. The highest BCUT2D eigenvalue weighted by Crippen LogP contribution is 2.32. The molecule has 4 nitrogen and oxygen atoms in total. The normalized spacial score (nSPS) is 10.9. The average Bonchev–Trinajstić information content (AvgIpc) is 3.25. The zero-order valence-electron chi connectivity index (χ0n) is 19.6. The molecular weight excluding hydrogens is 454 g/mol. The Balaban J connectivity index is 1.34. The maximum Gasteiger partial charge on any atom is 0.291 e. The number of hydrogen-bond donors (Lipinski definition) is 1. The number of ether oxygens (including phenoxy) is 1. The van der Waals surface area contributed by atoms with E-state index in [-0.39, 0.29) is 18.3 Å². The molecule has 0 saturated heterocycles. The minimum atomic E-state index is -0.303. The van der Waals surface area contributed by atoms with E-state index in [1.807, 2.05) is 78.9 Å². The van der Waals surface area contributed by atoms with Crippen molar-refractivity contribution in [1.29, 1.82) is 0 Å². The van der Waals surface area contributed by atoms with Gasteiger partial charge in [-0.3, -0.25) is 4.79 Å². The molecule has 1 heterocycles. The highest BCUT2D eigenvalue weighted by Gasteiger charge is 2.21. The van der Waals surface area contributed by atoms with Crippen LogP contribution in [0.1, 0.15) is 27.2 Å². The molecule has 174 valence electrons. The van der Waals surface area contributed by atoms with E-state index in [0.29, 0.717) is 11.3 Å². The molecule has 0 aliphatic rings. The molecule has 4 aromatic carbocycles. The van der Waals surface area contributed by atoms with Gasteiger partial charge in [-0.15, -0.1) is 0 Å². The number of rotatable bonds is 7. The lowest BCUT2D eigenvalue weighted by Crippen LogP contribution is -2.13. The van der Waals surface area contributed by atoms with Gasteiger partial charge in [0.05, 0.1) is 0 Å². The lowest BCUT2D eigenvalue weighted by atomic mass is 10.1. The Hall–Kier alpha value is -3.96. The number of benzene rings is 4. The van der Waals surface area contributed by atoms with Gasteiger partial charge in [0.2, 0.25) is 0 Å². The van der Waals surface area contributed by atoms with Gasteiger partial charge in [-0.05, 0) is 73.5 Å². The van der Waals surface area contributed by atoms with E-state index < -0.39 is 0 Å². The van der Waals surface area contributed by atoms with E-state index in [9.17, 15) is 4.79 Å². The monoisotopic (exact) mass is 479 g/mol. The van der Waals surface area contributed by atoms with E-state index in [4.69, 9.17) is 9.15 Å². The zero-order valence-corrected chi connectivity index (χ0v) is 20.4. The molecule has 0 atom stereocenters. The maximum absolute atomic E-state index is 13.2. The molecule has 0 saturated carbocycles. The van der Waals surface area contributed by atoms with Crippen molar-refractivity contribution in [1.82, 2.24) is 0 Å². The van der Waals surface area contributed by atoms with Gasteiger partial charge in [-0.2, -0.15) is 0 Å². The number of amides is 1. The first-order chi connectivity index (χ1) is 17.1. The molecule has 1 aromatic heterocycles. The van der Waals surface area contributed by atoms with Crippen molar-refractivity contribution in [3.05, 3.63) is 120 Å². The number of carbonyl (C=O) groups excluding carboxylic acids is 1. The molecule has 5 heteroatoms. The second-order valence-electron chi connectivity index (χ2n) is 8.36. The summed E-state index contributed by atoms with van der Waals surface area (Å²) in [6, 6.07) is 31.5. The third-order valence-electron chi connectivity index (χ3n) is 5.71. The number of hydrogen-bond acceptors (Lipinski definition) is 4. The zero-order chi connectivity index (χ0) is 24.2. The highest BCUT2D eigenvalue weighted by atomic mass is 32.2. The molecule has 35 heavy (non-hydrogen) atoms. The Bertz CT molecular complexity index is 1470. The van der Waals surface area contributed by atoms with Crippen molar-refractivity contribution in [3.8, 4) is 5.75 Å². The first-order valence-corrected chi connectivity index (χ1v) is 12.2. The number of nitrogens with one attached hydrogen (secondary N) is 1. The summed E-state index contributed by atoms with van der Waals surface area (Å²) in [5, 5.41) is 3.84. The highest BCUT2D eigenvalue weighted by molar-refractivity contribution is 7.99. The Morgan fingerprint density at radius 1 is 0.886 bits per heavy atom. The van der Waals surface area contributed by atoms with E-state index in [1.165, 1.54) is 16.0 Å². The fraction of sp³-hybridized carbons (Fsp3) is 0.100. The summed E-state index contributed by atoms with van der Waals surface area (Å²) >= 11 is 1.71. The second-order valence-corrected chi connectivity index (χ2v) is 9.47. The second kappa shape index (κ2) is 10.1. The van der Waals surface area contributed by atoms with Crippen LogP contribution in [0.15, 0.2) is 111 Å². The first-order valence-electron chi connectivity index (χ1n) is 11.4. The van der Waals surface area contributed by atoms with Gasteiger partial charge in [0.25, 0.3) is 5.91 Å². The van der Waals surface area contributed by atoms with Gasteiger partial charge >= 0.3 is 0 Å². The van der Waals surface area contributed by atoms with Crippen LogP contribution in [0.3, 0.4) is 0 Å². The van der Waals surface area contributed by atoms with Crippen LogP contribution in [0.2, 0.25) is 0 Å². The summed E-state index contributed by atoms with van der Waals surface area (Å²) in [7, 11) is 0. The molecule has 0 aliphatic carbocycles. The summed E-state index contributed by atoms with van der Waals surface area (Å²) in [6.07, 6.45) is 0. The number of aryl methyl sites for hydroxylation is 2. The fourth-order valence-corrected chi connectivity index (χ4v) is 4.84. The van der Waals surface area contributed by atoms with Crippen LogP contribution in [0.4, 0.5) is 5.69 Å². The van der Waals surface area contributed by atoms with Crippen molar-refractivity contribution in [2.45, 2.75) is 30.2 Å². The van der Waals surface area contributed by atoms with Crippen LogP contribution in [0.5, 0.6) is 5.75 Å². The van der Waals surface area contributed by atoms with E-state index in [2.05, 4.69) is 37.4 Å². The summed E-state index contributed by atoms with van der Waals surface area (Å²) in [5.74, 6) is 0.694. The van der Waals surface area contributed by atoms with Gasteiger partial charge in [0, 0.05) is 26.4 Å². The van der Waals surface area contributed by atoms with Crippen molar-refractivity contribution < 1.29 is 13.9 Å². The molecule has 1 amide bonds. The van der Waals surface area contributed by atoms with E-state index in [0.717, 1.165) is 21.6 Å². The topological polar surface area (TPSA) is 51.5 Å². The molecule has 0 unspecified atom stereocenters. The first kappa shape index (κ1) is 22.8. The lowest BCUT2D eigenvalue weighted by molar-refractivity contribution is 0.0995. The average molecular weight is 480 g/mol. The van der Waals surface area contributed by atoms with Gasteiger partial charge < -0.3 is 14.5 Å². The Morgan fingerprint density at radius 3 is 2.43 bits per heavy atom. The number of para-hydroxylation sites is 2. The summed E-state index contributed by atoms with van der Waals surface area (Å²) < 4.78 is 11.9. The van der Waals surface area contributed by atoms with Crippen molar-refractivity contribution in [2.75, 3.05) is 5.32 Å². The molecule has 5 aromatic rings. The molecule has 0 spiro atoms. The standard InChI is InChI=1S/C30H25NO3S/c1-20-12-13-21(2)28(18-20)35-24-16-14-22(15-17-24)31-30(32)29-26(19-33-23-8-4-3-5-9-23)25-10-6-7-11-27(25)34-29/h3-18H,19H2,1-2H3,(H,31,32). The summed E-state index contributed by atoms with van der Waals surface area (Å²) in [5.41, 5.74) is 4.57. The van der Waals surface area contributed by atoms with Crippen LogP contribution in [0.25, 0.3) is 11.0 Å². The predicted octanol–water partition coefficient (Wildman–Crippen LogP) is 8.03. The Morgan fingerprint density at radius 2 is 1.63 bits per heavy atom. The fourth-order valence-electron chi connectivity index (χ4n) is 3.84. The van der Waals surface area contributed by atoms with Gasteiger partial charge in [-0.1, -0.05) is 60.3 Å². The van der Waals surface area contributed by atoms with Crippen LogP contribution in [0, 0.1) is 13.8 Å². The Kier molecular flexibility index (Phi) is 6.59. The van der Waals surface area contributed by atoms with Gasteiger partial charge in [-0.25, -0.2) is 0 Å². The molecule has 0 aliphatic heterocycles. The van der Waals surface area contributed by atoms with Gasteiger partial charge in [0.1, 0.15) is 17.9 Å². The number of furan rings is 1. The molecular formula is C30H25NO3S. The van der Waals surface area contributed by atoms with Crippen molar-refractivity contribution >= 4 is 34.3 Å². The number of anilines is 1. The quantitative estimate of drug-likeness (QED) is 0.257. The maximum atomic E-state index is 13.2. The third kappa shape index (κ3) is 5.26. The van der Waals surface area contributed by atoms with E-state index in [1.54, 1.807) is 11.8 Å². The van der Waals surface area contributed by atoms with Crippen LogP contribution in [-0.2, 0) is 6.61 Å². The van der Waals surface area contributed by atoms with Crippen LogP contribution >= 0.6 is 11.8 Å². The predicted molar refractivity (Wildman–Crippen MR) is 141 cm³/mol. The summed E-state index contributed by atoms with van der Waals surface area (Å²) in [4.78, 5) is 15.5.